The molecule has 1 aromatic carbocycles. The summed E-state index contributed by atoms with van der Waals surface area (Å²) in [6, 6.07) is 7.57. The van der Waals surface area contributed by atoms with Crippen molar-refractivity contribution in [2.24, 2.45) is 0 Å². The van der Waals surface area contributed by atoms with Crippen LogP contribution in [-0.4, -0.2) is 26.8 Å². The van der Waals surface area contributed by atoms with Gasteiger partial charge in [0, 0.05) is 12.6 Å². The van der Waals surface area contributed by atoms with Crippen molar-refractivity contribution in [2.75, 3.05) is 0 Å². The Balaban J connectivity index is 1.79. The lowest BCUT2D eigenvalue weighted by Crippen LogP contribution is -2.39. The number of carbonyl (C=O) groups excluding carboxylic acids is 1. The van der Waals surface area contributed by atoms with Crippen LogP contribution in [0.25, 0.3) is 10.9 Å². The fourth-order valence-electron chi connectivity index (χ4n) is 3.48. The Labute approximate surface area is 164 Å². The molecule has 1 fully saturated rings. The van der Waals surface area contributed by atoms with E-state index in [9.17, 15) is 9.59 Å². The van der Waals surface area contributed by atoms with E-state index < -0.39 is 0 Å². The first-order chi connectivity index (χ1) is 13.1. The van der Waals surface area contributed by atoms with Crippen molar-refractivity contribution in [3.05, 3.63) is 47.3 Å². The van der Waals surface area contributed by atoms with Crippen molar-refractivity contribution < 1.29 is 4.79 Å². The number of para-hydroxylation sites is 1. The maximum Gasteiger partial charge on any atom is 0.262 e. The zero-order valence-electron chi connectivity index (χ0n) is 15.8. The monoisotopic (exact) mass is 385 g/mol. The molecule has 2 aromatic rings. The van der Waals surface area contributed by atoms with Crippen molar-refractivity contribution in [3.63, 3.8) is 0 Å². The predicted octanol–water partition coefficient (Wildman–Crippen LogP) is 3.90. The third-order valence-electron chi connectivity index (χ3n) is 4.99. The van der Waals surface area contributed by atoms with Crippen LogP contribution in [0.2, 0.25) is 0 Å². The van der Waals surface area contributed by atoms with Gasteiger partial charge in [-0.2, -0.15) is 0 Å². The Morgan fingerprint density at radius 1 is 1.33 bits per heavy atom. The average Bonchev–Trinajstić information content (AvgIpc) is 2.93. The lowest BCUT2D eigenvalue weighted by atomic mass is 10.1. The van der Waals surface area contributed by atoms with Crippen molar-refractivity contribution in [1.82, 2.24) is 14.9 Å². The predicted molar refractivity (Wildman–Crippen MR) is 111 cm³/mol. The number of rotatable bonds is 6. The molecule has 0 aliphatic heterocycles. The van der Waals surface area contributed by atoms with Gasteiger partial charge < -0.3 is 5.32 Å². The van der Waals surface area contributed by atoms with Gasteiger partial charge in [-0.05, 0) is 31.9 Å². The van der Waals surface area contributed by atoms with Crippen LogP contribution < -0.4 is 10.9 Å². The second-order valence-electron chi connectivity index (χ2n) is 7.07. The summed E-state index contributed by atoms with van der Waals surface area (Å²) in [5, 5.41) is 4.01. The molecule has 1 N–H and O–H groups in total. The number of thioether (sulfide) groups is 1. The smallest absolute Gasteiger partial charge is 0.262 e. The second-order valence-corrected chi connectivity index (χ2v) is 8.38. The topological polar surface area (TPSA) is 64.0 Å². The van der Waals surface area contributed by atoms with Gasteiger partial charge in [-0.15, -0.1) is 6.58 Å². The van der Waals surface area contributed by atoms with Crippen molar-refractivity contribution in [3.8, 4) is 0 Å². The quantitative estimate of drug-likeness (QED) is 0.354. The number of nitrogens with one attached hydrogen (secondary N) is 1. The van der Waals surface area contributed by atoms with Gasteiger partial charge in [0.2, 0.25) is 5.91 Å². The van der Waals surface area contributed by atoms with Crippen LogP contribution in [0.15, 0.2) is 46.9 Å². The molecular weight excluding hydrogens is 358 g/mol. The van der Waals surface area contributed by atoms with Crippen LogP contribution in [0.3, 0.4) is 0 Å². The molecule has 0 spiro atoms. The summed E-state index contributed by atoms with van der Waals surface area (Å²) in [7, 11) is 0. The molecule has 6 heteroatoms. The zero-order valence-corrected chi connectivity index (χ0v) is 16.6. The van der Waals surface area contributed by atoms with E-state index >= 15 is 0 Å². The van der Waals surface area contributed by atoms with Gasteiger partial charge >= 0.3 is 0 Å². The minimum Gasteiger partial charge on any atom is -0.352 e. The Kier molecular flexibility index (Phi) is 6.72. The maximum atomic E-state index is 12.8. The first-order valence-electron chi connectivity index (χ1n) is 9.67. The number of aromatic nitrogens is 2. The second kappa shape index (κ2) is 9.22. The van der Waals surface area contributed by atoms with Gasteiger partial charge in [0.25, 0.3) is 5.56 Å². The van der Waals surface area contributed by atoms with Gasteiger partial charge in [-0.1, -0.05) is 55.7 Å². The maximum absolute atomic E-state index is 12.8. The molecule has 1 aromatic heterocycles. The van der Waals surface area contributed by atoms with Crippen LogP contribution in [0.4, 0.5) is 0 Å². The highest BCUT2D eigenvalue weighted by Gasteiger charge is 2.22. The molecule has 5 nitrogen and oxygen atoms in total. The van der Waals surface area contributed by atoms with Crippen LogP contribution in [0, 0.1) is 0 Å². The van der Waals surface area contributed by atoms with Crippen molar-refractivity contribution >= 4 is 28.6 Å². The van der Waals surface area contributed by atoms with Crippen LogP contribution in [0.1, 0.15) is 45.4 Å². The summed E-state index contributed by atoms with van der Waals surface area (Å²) < 4.78 is 1.59. The lowest BCUT2D eigenvalue weighted by Gasteiger charge is -2.20. The molecule has 0 unspecified atom stereocenters. The molecule has 1 atom stereocenters. The molecule has 27 heavy (non-hydrogen) atoms. The fourth-order valence-corrected chi connectivity index (χ4v) is 4.41. The zero-order chi connectivity index (χ0) is 19.2. The van der Waals surface area contributed by atoms with E-state index in [4.69, 9.17) is 0 Å². The average molecular weight is 386 g/mol. The summed E-state index contributed by atoms with van der Waals surface area (Å²) in [4.78, 5) is 30.1. The molecule has 0 radical (unpaired) electrons. The molecule has 1 saturated carbocycles. The van der Waals surface area contributed by atoms with Crippen LogP contribution in [0.5, 0.6) is 0 Å². The first-order valence-corrected chi connectivity index (χ1v) is 10.6. The van der Waals surface area contributed by atoms with Crippen molar-refractivity contribution in [1.29, 1.82) is 0 Å². The number of fused-ring (bicyclic) bond motifs is 1. The minimum absolute atomic E-state index is 0.0134. The molecule has 144 valence electrons. The Hall–Kier alpha value is -2.08. The molecule has 0 bridgehead atoms. The molecular formula is C21H27N3O2S. The third kappa shape index (κ3) is 4.80. The van der Waals surface area contributed by atoms with E-state index in [2.05, 4.69) is 16.9 Å². The van der Waals surface area contributed by atoms with Gasteiger partial charge in [-0.25, -0.2) is 4.98 Å². The Morgan fingerprint density at radius 3 is 2.74 bits per heavy atom. The largest absolute Gasteiger partial charge is 0.352 e. The molecule has 1 aliphatic carbocycles. The van der Waals surface area contributed by atoms with E-state index in [0.29, 0.717) is 22.6 Å². The highest BCUT2D eigenvalue weighted by molar-refractivity contribution is 8.00. The standard InChI is InChI=1S/C21H27N3O2S/c1-3-14-24-20(26)17-12-8-9-13-18(17)23-21(24)27-15(2)19(25)22-16-10-6-4-5-7-11-16/h3,8-9,12-13,15-16H,1,4-7,10-11,14H2,2H3,(H,22,25)/t15-/m1/s1. The highest BCUT2D eigenvalue weighted by atomic mass is 32.2. The number of hydrogen-bond acceptors (Lipinski definition) is 4. The molecule has 0 saturated heterocycles. The number of nitrogens with zero attached hydrogens (tertiary/aromatic N) is 2. The number of carbonyl (C=O) groups is 1. The first kappa shape index (κ1) is 19.7. The van der Waals surface area contributed by atoms with Crippen LogP contribution >= 0.6 is 11.8 Å². The van der Waals surface area contributed by atoms with E-state index in [1.54, 1.807) is 16.7 Å². The summed E-state index contributed by atoms with van der Waals surface area (Å²) >= 11 is 1.33. The number of amides is 1. The number of allylic oxidation sites excluding steroid dienone is 1. The molecule has 1 aliphatic rings. The Bertz CT molecular complexity index is 869. The van der Waals surface area contributed by atoms with E-state index in [-0.39, 0.29) is 22.8 Å². The summed E-state index contributed by atoms with van der Waals surface area (Å²) in [5.74, 6) is 0.0134. The molecule has 1 heterocycles. The SMILES string of the molecule is C=CCn1c(S[C@H](C)C(=O)NC2CCCCCC2)nc2ccccc2c1=O. The fraction of sp³-hybridized carbons (Fsp3) is 0.476. The lowest BCUT2D eigenvalue weighted by molar-refractivity contribution is -0.121. The Morgan fingerprint density at radius 2 is 2.04 bits per heavy atom. The minimum atomic E-state index is -0.322. The summed E-state index contributed by atoms with van der Waals surface area (Å²) in [6.07, 6.45) is 8.65. The van der Waals surface area contributed by atoms with Gasteiger partial charge in [0.15, 0.2) is 5.16 Å². The molecule has 3 rings (SSSR count). The summed E-state index contributed by atoms with van der Waals surface area (Å²) in [6.45, 7) is 5.99. The number of benzene rings is 1. The van der Waals surface area contributed by atoms with E-state index in [1.165, 1.54) is 37.4 Å². The van der Waals surface area contributed by atoms with Crippen LogP contribution in [-0.2, 0) is 11.3 Å². The van der Waals surface area contributed by atoms with Crippen molar-refractivity contribution in [2.45, 2.75) is 68.4 Å². The normalized spacial score (nSPS) is 16.6. The number of hydrogen-bond donors (Lipinski definition) is 1. The van der Waals surface area contributed by atoms with Gasteiger partial charge in [0.05, 0.1) is 16.2 Å². The summed E-state index contributed by atoms with van der Waals surface area (Å²) in [5.41, 5.74) is 0.557. The molecule has 1 amide bonds. The highest BCUT2D eigenvalue weighted by Crippen LogP contribution is 2.24. The van der Waals surface area contributed by atoms with Gasteiger partial charge in [0.1, 0.15) is 0 Å². The van der Waals surface area contributed by atoms with Gasteiger partial charge in [-0.3, -0.25) is 14.2 Å². The third-order valence-corrected chi connectivity index (χ3v) is 6.08. The van der Waals surface area contributed by atoms with E-state index in [0.717, 1.165) is 12.8 Å². The van der Waals surface area contributed by atoms with E-state index in [1.807, 2.05) is 25.1 Å².